The third-order valence-electron chi connectivity index (χ3n) is 18.5. The Morgan fingerprint density at radius 3 is 1.12 bits per heavy atom. The van der Waals surface area contributed by atoms with Crippen molar-refractivity contribution in [2.24, 2.45) is 0 Å². The van der Waals surface area contributed by atoms with E-state index < -0.39 is 86.8 Å². The summed E-state index contributed by atoms with van der Waals surface area (Å²) in [5, 5.41) is 87.6. The number of allylic oxidation sites excluding steroid dienone is 7. The molecule has 0 bridgehead atoms. The lowest BCUT2D eigenvalue weighted by Crippen LogP contribution is -2.65. The van der Waals surface area contributed by atoms with Crippen LogP contribution in [-0.2, 0) is 23.7 Å². The number of unbranched alkanes of at least 4 members (excludes halogenated alkanes) is 44. The first-order chi connectivity index (χ1) is 44.1. The molecule has 2 aliphatic rings. The van der Waals surface area contributed by atoms with Gasteiger partial charge in [0.05, 0.1) is 32.0 Å². The van der Waals surface area contributed by atoms with E-state index in [1.54, 1.807) is 6.08 Å². The molecule has 1 amide bonds. The molecule has 0 aromatic carbocycles. The summed E-state index contributed by atoms with van der Waals surface area (Å²) in [7, 11) is 0. The third kappa shape index (κ3) is 43.8. The minimum atomic E-state index is -1.79. The van der Waals surface area contributed by atoms with Crippen LogP contribution in [-0.4, -0.2) is 140 Å². The summed E-state index contributed by atoms with van der Waals surface area (Å²) in [6.07, 6.45) is 63.2. The van der Waals surface area contributed by atoms with Gasteiger partial charge in [0.2, 0.25) is 5.91 Å². The number of nitrogens with one attached hydrogen (secondary N) is 1. The number of amides is 1. The molecule has 0 aliphatic carbocycles. The first kappa shape index (κ1) is 84.0. The van der Waals surface area contributed by atoms with E-state index in [0.717, 1.165) is 57.8 Å². The van der Waals surface area contributed by atoms with Crippen LogP contribution in [0.4, 0.5) is 0 Å². The predicted octanol–water partition coefficient (Wildman–Crippen LogP) is 16.2. The number of carbonyl (C=O) groups excluding carboxylic acids is 1. The standard InChI is InChI=1S/C76H141NO13/c1-3-5-7-9-11-13-15-17-19-21-23-25-27-28-29-30-31-32-33-34-35-36-38-39-41-43-45-47-49-51-53-55-57-59-65(80)64(63-87-75-73(86)71(84)74(67(62-79)89-75)90-76-72(85)70(83)69(82)66(61-78)88-76)77-68(81)60-58-56-54-52-50-48-46-44-42-40-37-26-24-22-20-18-16-14-12-10-8-6-4-2/h16,18,22,24,37,40,57,59,64-67,69-76,78-80,82-86H,3-15,17,19-21,23,25-36,38-39,41-56,58,60-63H2,1-2H3,(H,77,81)/b18-16-,24-22-,40-37-,59-57+. The lowest BCUT2D eigenvalue weighted by atomic mass is 9.97. The van der Waals surface area contributed by atoms with Gasteiger partial charge in [-0.25, -0.2) is 0 Å². The maximum Gasteiger partial charge on any atom is 0.220 e. The van der Waals surface area contributed by atoms with E-state index in [1.165, 1.54) is 250 Å². The van der Waals surface area contributed by atoms with Crippen molar-refractivity contribution in [3.63, 3.8) is 0 Å². The zero-order chi connectivity index (χ0) is 65.2. The van der Waals surface area contributed by atoms with Gasteiger partial charge in [0.15, 0.2) is 12.6 Å². The Balaban J connectivity index is 1.64. The summed E-state index contributed by atoms with van der Waals surface area (Å²) in [5.74, 6) is -0.243. The molecule has 0 aromatic rings. The van der Waals surface area contributed by atoms with Crippen LogP contribution < -0.4 is 5.32 Å². The van der Waals surface area contributed by atoms with Gasteiger partial charge in [-0.15, -0.1) is 0 Å². The number of rotatable bonds is 63. The van der Waals surface area contributed by atoms with E-state index in [4.69, 9.17) is 18.9 Å². The highest BCUT2D eigenvalue weighted by Gasteiger charge is 2.51. The third-order valence-corrected chi connectivity index (χ3v) is 18.5. The summed E-state index contributed by atoms with van der Waals surface area (Å²) in [6.45, 7) is 2.83. The normalized spacial score (nSPS) is 23.1. The zero-order valence-electron chi connectivity index (χ0n) is 57.6. The molecule has 2 fully saturated rings. The van der Waals surface area contributed by atoms with Crippen molar-refractivity contribution in [2.75, 3.05) is 19.8 Å². The second kappa shape index (κ2) is 60.6. The second-order valence-electron chi connectivity index (χ2n) is 26.8. The molecule has 12 unspecified atom stereocenters. The largest absolute Gasteiger partial charge is 0.394 e. The van der Waals surface area contributed by atoms with Gasteiger partial charge in [-0.05, 0) is 57.8 Å². The molecule has 528 valence electrons. The summed E-state index contributed by atoms with van der Waals surface area (Å²) in [4.78, 5) is 13.3. The first-order valence-corrected chi connectivity index (χ1v) is 37.9. The average Bonchev–Trinajstić information content (AvgIpc) is 1.28. The fourth-order valence-corrected chi connectivity index (χ4v) is 12.5. The van der Waals surface area contributed by atoms with Crippen molar-refractivity contribution >= 4 is 5.91 Å². The fourth-order valence-electron chi connectivity index (χ4n) is 12.5. The molecule has 2 heterocycles. The summed E-state index contributed by atoms with van der Waals surface area (Å²) < 4.78 is 22.9. The highest BCUT2D eigenvalue weighted by molar-refractivity contribution is 5.76. The van der Waals surface area contributed by atoms with Crippen LogP contribution in [0.5, 0.6) is 0 Å². The minimum absolute atomic E-state index is 0.243. The van der Waals surface area contributed by atoms with Gasteiger partial charge >= 0.3 is 0 Å². The van der Waals surface area contributed by atoms with Crippen LogP contribution in [0.25, 0.3) is 0 Å². The Morgan fingerprint density at radius 2 is 0.733 bits per heavy atom. The van der Waals surface area contributed by atoms with E-state index in [2.05, 4.69) is 55.6 Å². The van der Waals surface area contributed by atoms with Crippen molar-refractivity contribution in [1.82, 2.24) is 5.32 Å². The van der Waals surface area contributed by atoms with Crippen molar-refractivity contribution in [1.29, 1.82) is 0 Å². The SMILES string of the molecule is CCCCCCC/C=C\C/C=C\C/C=C\CCCCCCCCCCC(=O)NC(COC1OC(CO)C(OC2OC(CO)C(O)C(O)C2O)C(O)C1O)C(O)/C=C/CCCCCCCCCCCCCCCCCCCCCCCCCCCCCCCCC. The monoisotopic (exact) mass is 1280 g/mol. The number of carbonyl (C=O) groups is 1. The number of hydrogen-bond acceptors (Lipinski definition) is 13. The summed E-state index contributed by atoms with van der Waals surface area (Å²) in [5.41, 5.74) is 0. The average molecular weight is 1280 g/mol. The van der Waals surface area contributed by atoms with Crippen LogP contribution in [0, 0.1) is 0 Å². The Bertz CT molecular complexity index is 1690. The Kier molecular flexibility index (Phi) is 56.6. The van der Waals surface area contributed by atoms with E-state index >= 15 is 0 Å². The molecule has 0 spiro atoms. The van der Waals surface area contributed by atoms with Crippen LogP contribution in [0.2, 0.25) is 0 Å². The van der Waals surface area contributed by atoms with Gasteiger partial charge in [-0.3, -0.25) is 4.79 Å². The van der Waals surface area contributed by atoms with Gasteiger partial charge in [0.25, 0.3) is 0 Å². The molecular formula is C76H141NO13. The van der Waals surface area contributed by atoms with Crippen LogP contribution in [0.1, 0.15) is 335 Å². The Hall–Kier alpha value is -2.05. The van der Waals surface area contributed by atoms with Crippen molar-refractivity contribution in [3.8, 4) is 0 Å². The lowest BCUT2D eigenvalue weighted by molar-refractivity contribution is -0.359. The molecule has 9 N–H and O–H groups in total. The maximum absolute atomic E-state index is 13.3. The summed E-state index contributed by atoms with van der Waals surface area (Å²) >= 11 is 0. The molecule has 0 aromatic heterocycles. The molecule has 90 heavy (non-hydrogen) atoms. The highest BCUT2D eigenvalue weighted by atomic mass is 16.7. The predicted molar refractivity (Wildman–Crippen MR) is 369 cm³/mol. The van der Waals surface area contributed by atoms with E-state index in [-0.39, 0.29) is 18.9 Å². The summed E-state index contributed by atoms with van der Waals surface area (Å²) in [6, 6.07) is -0.922. The second-order valence-corrected chi connectivity index (χ2v) is 26.8. The molecule has 2 rings (SSSR count). The fraction of sp³-hybridized carbons (Fsp3) is 0.882. The molecule has 2 aliphatic heterocycles. The molecular weight excluding hydrogens is 1130 g/mol. The maximum atomic E-state index is 13.3. The molecule has 12 atom stereocenters. The molecule has 0 saturated carbocycles. The Morgan fingerprint density at radius 1 is 0.400 bits per heavy atom. The van der Waals surface area contributed by atoms with Gasteiger partial charge in [-0.1, -0.05) is 319 Å². The number of aliphatic hydroxyl groups is 8. The molecule has 0 radical (unpaired) electrons. The van der Waals surface area contributed by atoms with Gasteiger partial charge in [-0.2, -0.15) is 0 Å². The van der Waals surface area contributed by atoms with E-state index in [0.29, 0.717) is 6.42 Å². The number of ether oxygens (including phenoxy) is 4. The topological polar surface area (TPSA) is 228 Å². The smallest absolute Gasteiger partial charge is 0.220 e. The van der Waals surface area contributed by atoms with E-state index in [9.17, 15) is 45.6 Å². The minimum Gasteiger partial charge on any atom is -0.394 e. The first-order valence-electron chi connectivity index (χ1n) is 37.9. The van der Waals surface area contributed by atoms with Crippen molar-refractivity contribution in [3.05, 3.63) is 48.6 Å². The van der Waals surface area contributed by atoms with Crippen molar-refractivity contribution < 1.29 is 64.6 Å². The van der Waals surface area contributed by atoms with Gasteiger partial charge < -0.3 is 65.1 Å². The van der Waals surface area contributed by atoms with E-state index in [1.807, 2.05) is 6.08 Å². The van der Waals surface area contributed by atoms with Crippen LogP contribution in [0.15, 0.2) is 48.6 Å². The van der Waals surface area contributed by atoms with Crippen LogP contribution >= 0.6 is 0 Å². The molecule has 14 nitrogen and oxygen atoms in total. The molecule has 14 heteroatoms. The van der Waals surface area contributed by atoms with Crippen molar-refractivity contribution in [2.45, 2.75) is 408 Å². The Labute approximate surface area is 550 Å². The number of aliphatic hydroxyl groups excluding tert-OH is 8. The quantitative estimate of drug-likeness (QED) is 0.0204. The van der Waals surface area contributed by atoms with Gasteiger partial charge in [0, 0.05) is 6.42 Å². The van der Waals surface area contributed by atoms with Crippen LogP contribution in [0.3, 0.4) is 0 Å². The van der Waals surface area contributed by atoms with Gasteiger partial charge in [0.1, 0.15) is 48.8 Å². The number of hydrogen-bond donors (Lipinski definition) is 9. The lowest BCUT2D eigenvalue weighted by Gasteiger charge is -2.46. The molecule has 2 saturated heterocycles. The zero-order valence-corrected chi connectivity index (χ0v) is 57.6. The highest BCUT2D eigenvalue weighted by Crippen LogP contribution is 2.30.